The smallest absolute Gasteiger partial charge is 0.115 e. The summed E-state index contributed by atoms with van der Waals surface area (Å²) in [6.45, 7) is 0.858. The molecule has 2 aliphatic carbocycles. The Morgan fingerprint density at radius 3 is 2.64 bits per heavy atom. The van der Waals surface area contributed by atoms with E-state index in [2.05, 4.69) is 51.6 Å². The number of para-hydroxylation sites is 1. The third-order valence-corrected chi connectivity index (χ3v) is 6.27. The van der Waals surface area contributed by atoms with E-state index in [1.54, 1.807) is 0 Å². The SMILES string of the molecule is C/N=C(/CN(C1CCCCC1)C1CCCc2cccnc21)Nc1ccccc1. The molecule has 0 bridgehead atoms. The Kier molecular flexibility index (Phi) is 6.38. The van der Waals surface area contributed by atoms with E-state index in [4.69, 9.17) is 4.98 Å². The van der Waals surface area contributed by atoms with Crippen LogP contribution in [0.3, 0.4) is 0 Å². The lowest BCUT2D eigenvalue weighted by Gasteiger charge is -2.42. The first-order valence-electron chi connectivity index (χ1n) is 10.8. The Morgan fingerprint density at radius 1 is 1.04 bits per heavy atom. The van der Waals surface area contributed by atoms with Gasteiger partial charge in [-0.15, -0.1) is 0 Å². The standard InChI is InChI=1S/C24H32N4/c1-25-23(27-20-12-4-2-5-13-20)18-28(21-14-6-3-7-15-21)22-16-8-10-19-11-9-17-26-24(19)22/h2,4-5,9,11-13,17,21-22H,3,6-8,10,14-16,18H2,1H3,(H,25,27). The lowest BCUT2D eigenvalue weighted by molar-refractivity contribution is 0.109. The van der Waals surface area contributed by atoms with E-state index in [1.807, 2.05) is 19.3 Å². The number of aliphatic imine (C=N–C) groups is 1. The van der Waals surface area contributed by atoms with E-state index < -0.39 is 0 Å². The molecule has 0 spiro atoms. The maximum Gasteiger partial charge on any atom is 0.115 e. The van der Waals surface area contributed by atoms with Crippen molar-refractivity contribution in [3.63, 3.8) is 0 Å². The molecule has 4 nitrogen and oxygen atoms in total. The highest BCUT2D eigenvalue weighted by Gasteiger charge is 2.33. The second kappa shape index (κ2) is 9.33. The van der Waals surface area contributed by atoms with Crippen molar-refractivity contribution in [1.82, 2.24) is 9.88 Å². The summed E-state index contributed by atoms with van der Waals surface area (Å²) >= 11 is 0. The molecule has 2 aliphatic rings. The molecule has 1 atom stereocenters. The highest BCUT2D eigenvalue weighted by molar-refractivity contribution is 5.96. The van der Waals surface area contributed by atoms with Gasteiger partial charge >= 0.3 is 0 Å². The summed E-state index contributed by atoms with van der Waals surface area (Å²) in [5.41, 5.74) is 3.84. The fourth-order valence-electron chi connectivity index (χ4n) is 4.84. The number of amidine groups is 1. The van der Waals surface area contributed by atoms with Gasteiger partial charge in [-0.25, -0.2) is 0 Å². The Morgan fingerprint density at radius 2 is 1.86 bits per heavy atom. The van der Waals surface area contributed by atoms with E-state index in [1.165, 1.54) is 56.2 Å². The molecular formula is C24H32N4. The summed E-state index contributed by atoms with van der Waals surface area (Å²) in [6, 6.07) is 15.8. The number of aryl methyl sites for hydroxylation is 1. The van der Waals surface area contributed by atoms with Gasteiger partial charge < -0.3 is 5.32 Å². The first-order valence-corrected chi connectivity index (χ1v) is 10.8. The van der Waals surface area contributed by atoms with E-state index in [9.17, 15) is 0 Å². The zero-order valence-electron chi connectivity index (χ0n) is 17.0. The zero-order chi connectivity index (χ0) is 19.2. The molecule has 1 aromatic carbocycles. The molecule has 1 fully saturated rings. The van der Waals surface area contributed by atoms with Gasteiger partial charge in [-0.1, -0.05) is 43.5 Å². The molecule has 0 aliphatic heterocycles. The highest BCUT2D eigenvalue weighted by atomic mass is 15.2. The van der Waals surface area contributed by atoms with Crippen molar-refractivity contribution in [1.29, 1.82) is 0 Å². The molecule has 4 rings (SSSR count). The predicted octanol–water partition coefficient (Wildman–Crippen LogP) is 5.23. The van der Waals surface area contributed by atoms with Crippen molar-refractivity contribution in [2.24, 2.45) is 4.99 Å². The van der Waals surface area contributed by atoms with Crippen molar-refractivity contribution < 1.29 is 0 Å². The molecule has 4 heteroatoms. The van der Waals surface area contributed by atoms with E-state index in [0.717, 1.165) is 24.5 Å². The van der Waals surface area contributed by atoms with Crippen LogP contribution in [0.25, 0.3) is 0 Å². The maximum absolute atomic E-state index is 4.83. The molecule has 1 N–H and O–H groups in total. The number of aromatic nitrogens is 1. The van der Waals surface area contributed by atoms with Gasteiger partial charge in [0.2, 0.25) is 0 Å². The Hall–Kier alpha value is -2.20. The van der Waals surface area contributed by atoms with Crippen LogP contribution >= 0.6 is 0 Å². The average molecular weight is 377 g/mol. The Bertz CT molecular complexity index is 780. The minimum Gasteiger partial charge on any atom is -0.343 e. The van der Waals surface area contributed by atoms with Crippen LogP contribution < -0.4 is 5.32 Å². The molecule has 28 heavy (non-hydrogen) atoms. The molecule has 2 aromatic rings. The van der Waals surface area contributed by atoms with Gasteiger partial charge in [-0.2, -0.15) is 0 Å². The van der Waals surface area contributed by atoms with Crippen molar-refractivity contribution in [2.45, 2.75) is 63.5 Å². The quantitative estimate of drug-likeness (QED) is 0.573. The number of hydrogen-bond donors (Lipinski definition) is 1. The van der Waals surface area contributed by atoms with E-state index in [0.29, 0.717) is 12.1 Å². The van der Waals surface area contributed by atoms with E-state index >= 15 is 0 Å². The van der Waals surface area contributed by atoms with Crippen LogP contribution in [-0.2, 0) is 6.42 Å². The topological polar surface area (TPSA) is 40.5 Å². The molecular weight excluding hydrogens is 344 g/mol. The third-order valence-electron chi connectivity index (χ3n) is 6.27. The number of hydrogen-bond acceptors (Lipinski definition) is 3. The van der Waals surface area contributed by atoms with Crippen LogP contribution in [0.4, 0.5) is 5.69 Å². The molecule has 148 valence electrons. The van der Waals surface area contributed by atoms with Crippen molar-refractivity contribution in [3.8, 4) is 0 Å². The first-order chi connectivity index (χ1) is 13.8. The monoisotopic (exact) mass is 376 g/mol. The largest absolute Gasteiger partial charge is 0.343 e. The first kappa shape index (κ1) is 19.1. The molecule has 0 saturated heterocycles. The van der Waals surface area contributed by atoms with Crippen LogP contribution in [0.2, 0.25) is 0 Å². The summed E-state index contributed by atoms with van der Waals surface area (Å²) in [7, 11) is 1.90. The molecule has 1 heterocycles. The lowest BCUT2D eigenvalue weighted by atomic mass is 9.87. The molecule has 1 aromatic heterocycles. The molecule has 1 unspecified atom stereocenters. The van der Waals surface area contributed by atoms with Crippen LogP contribution in [0.1, 0.15) is 62.2 Å². The van der Waals surface area contributed by atoms with Crippen LogP contribution in [0.5, 0.6) is 0 Å². The molecule has 0 amide bonds. The van der Waals surface area contributed by atoms with Gasteiger partial charge in [0.1, 0.15) is 5.84 Å². The number of nitrogens with one attached hydrogen (secondary N) is 1. The lowest BCUT2D eigenvalue weighted by Crippen LogP contribution is -2.45. The van der Waals surface area contributed by atoms with E-state index in [-0.39, 0.29) is 0 Å². The summed E-state index contributed by atoms with van der Waals surface area (Å²) in [6.07, 6.45) is 12.2. The summed E-state index contributed by atoms with van der Waals surface area (Å²) in [5, 5.41) is 3.55. The van der Waals surface area contributed by atoms with Crippen molar-refractivity contribution >= 4 is 11.5 Å². The fraction of sp³-hybridized carbons (Fsp3) is 0.500. The van der Waals surface area contributed by atoms with Gasteiger partial charge in [-0.05, 0) is 55.9 Å². The maximum atomic E-state index is 4.83. The van der Waals surface area contributed by atoms with Gasteiger partial charge in [0.05, 0.1) is 18.3 Å². The summed E-state index contributed by atoms with van der Waals surface area (Å²) in [5.74, 6) is 1.04. The second-order valence-corrected chi connectivity index (χ2v) is 8.08. The molecule has 0 radical (unpaired) electrons. The zero-order valence-corrected chi connectivity index (χ0v) is 17.0. The summed E-state index contributed by atoms with van der Waals surface area (Å²) in [4.78, 5) is 12.2. The number of benzene rings is 1. The second-order valence-electron chi connectivity index (χ2n) is 8.08. The van der Waals surface area contributed by atoms with Crippen molar-refractivity contribution in [3.05, 3.63) is 59.9 Å². The molecule has 1 saturated carbocycles. The Balaban J connectivity index is 1.59. The van der Waals surface area contributed by atoms with Gasteiger partial charge in [0.25, 0.3) is 0 Å². The van der Waals surface area contributed by atoms with Gasteiger partial charge in [-0.3, -0.25) is 14.9 Å². The van der Waals surface area contributed by atoms with Gasteiger partial charge in [0, 0.05) is 25.0 Å². The number of fused-ring (bicyclic) bond motifs is 1. The summed E-state index contributed by atoms with van der Waals surface area (Å²) < 4.78 is 0. The number of nitrogens with zero attached hydrogens (tertiary/aromatic N) is 3. The van der Waals surface area contributed by atoms with Crippen LogP contribution in [0.15, 0.2) is 53.7 Å². The third kappa shape index (κ3) is 4.44. The normalized spacial score (nSPS) is 20.8. The number of anilines is 1. The minimum absolute atomic E-state index is 0.405. The van der Waals surface area contributed by atoms with Crippen LogP contribution in [0, 0.1) is 0 Å². The van der Waals surface area contributed by atoms with Crippen LogP contribution in [-0.4, -0.2) is 35.4 Å². The Labute approximate surface area is 169 Å². The predicted molar refractivity (Wildman–Crippen MR) is 117 cm³/mol. The number of rotatable bonds is 5. The van der Waals surface area contributed by atoms with Gasteiger partial charge in [0.15, 0.2) is 0 Å². The fourth-order valence-corrected chi connectivity index (χ4v) is 4.84. The highest BCUT2D eigenvalue weighted by Crippen LogP contribution is 2.37. The van der Waals surface area contributed by atoms with Crippen molar-refractivity contribution in [2.75, 3.05) is 18.9 Å². The average Bonchev–Trinajstić information content (AvgIpc) is 2.77. The minimum atomic E-state index is 0.405. The number of pyridine rings is 1.